The minimum Gasteiger partial charge on any atom is -0.360 e. The van der Waals surface area contributed by atoms with Crippen molar-refractivity contribution < 1.29 is 14.1 Å². The lowest BCUT2D eigenvalue weighted by Crippen LogP contribution is -2.33. The molecule has 0 aliphatic carbocycles. The van der Waals surface area contributed by atoms with Gasteiger partial charge >= 0.3 is 0 Å². The van der Waals surface area contributed by atoms with E-state index in [0.29, 0.717) is 29.2 Å². The summed E-state index contributed by atoms with van der Waals surface area (Å²) in [5, 5.41) is 9.69. The molecule has 2 amide bonds. The predicted molar refractivity (Wildman–Crippen MR) is 83.6 cm³/mol. The van der Waals surface area contributed by atoms with Gasteiger partial charge in [0.05, 0.1) is 11.5 Å². The molecule has 0 aromatic carbocycles. The monoisotopic (exact) mass is 324 g/mol. The molecule has 2 aliphatic rings. The van der Waals surface area contributed by atoms with Gasteiger partial charge in [-0.2, -0.15) is 0 Å². The zero-order chi connectivity index (χ0) is 15.5. The second-order valence-corrected chi connectivity index (χ2v) is 6.83. The van der Waals surface area contributed by atoms with Crippen molar-refractivity contribution >= 4 is 29.4 Å². The zero-order valence-corrected chi connectivity index (χ0v) is 13.3. The summed E-state index contributed by atoms with van der Waals surface area (Å²) in [6.45, 7) is 5.49. The molecule has 7 nitrogen and oxygen atoms in total. The Morgan fingerprint density at radius 3 is 2.77 bits per heavy atom. The van der Waals surface area contributed by atoms with E-state index < -0.39 is 0 Å². The fraction of sp³-hybridized carbons (Fsp3) is 0.643. The number of nitrogens with one attached hydrogen (secondary N) is 2. The summed E-state index contributed by atoms with van der Waals surface area (Å²) < 4.78 is 4.87. The summed E-state index contributed by atoms with van der Waals surface area (Å²) in [5.74, 6) is 2.80. The Kier molecular flexibility index (Phi) is 4.68. The maximum absolute atomic E-state index is 12.1. The number of thioether (sulfide) groups is 1. The normalized spacial score (nSPS) is 23.6. The number of likely N-dealkylation sites (tertiary alicyclic amines) is 1. The topological polar surface area (TPSA) is 87.5 Å². The van der Waals surface area contributed by atoms with Gasteiger partial charge in [-0.3, -0.25) is 9.59 Å². The lowest BCUT2D eigenvalue weighted by Gasteiger charge is -2.17. The molecule has 8 heteroatoms. The number of amides is 2. The van der Waals surface area contributed by atoms with Crippen LogP contribution in [-0.4, -0.2) is 59.6 Å². The molecule has 2 saturated heterocycles. The van der Waals surface area contributed by atoms with Crippen molar-refractivity contribution in [3.8, 4) is 0 Å². The molecular weight excluding hydrogens is 304 g/mol. The van der Waals surface area contributed by atoms with Crippen LogP contribution in [0.4, 0.5) is 5.82 Å². The van der Waals surface area contributed by atoms with Crippen LogP contribution in [0.3, 0.4) is 0 Å². The first kappa shape index (κ1) is 15.4. The molecule has 0 saturated carbocycles. The predicted octanol–water partition coefficient (Wildman–Crippen LogP) is 0.333. The molecule has 3 heterocycles. The van der Waals surface area contributed by atoms with E-state index >= 15 is 0 Å². The number of aromatic nitrogens is 1. The Hall–Kier alpha value is -1.54. The lowest BCUT2D eigenvalue weighted by atomic mass is 10.0. The van der Waals surface area contributed by atoms with E-state index in [0.717, 1.165) is 26.2 Å². The smallest absolute Gasteiger partial charge is 0.235 e. The minimum absolute atomic E-state index is 0.129. The molecule has 0 radical (unpaired) electrons. The maximum Gasteiger partial charge on any atom is 0.235 e. The maximum atomic E-state index is 12.1. The van der Waals surface area contributed by atoms with Gasteiger partial charge < -0.3 is 20.1 Å². The van der Waals surface area contributed by atoms with Crippen LogP contribution in [0.2, 0.25) is 0 Å². The van der Waals surface area contributed by atoms with Crippen molar-refractivity contribution in [3.05, 3.63) is 11.8 Å². The number of nitrogens with zero attached hydrogens (tertiary/aromatic N) is 2. The van der Waals surface area contributed by atoms with E-state index in [4.69, 9.17) is 4.52 Å². The van der Waals surface area contributed by atoms with E-state index in [1.165, 1.54) is 11.8 Å². The van der Waals surface area contributed by atoms with E-state index in [2.05, 4.69) is 15.8 Å². The van der Waals surface area contributed by atoms with Crippen LogP contribution in [0.15, 0.2) is 10.6 Å². The van der Waals surface area contributed by atoms with Gasteiger partial charge in [0.1, 0.15) is 5.76 Å². The van der Waals surface area contributed by atoms with Crippen LogP contribution in [0.25, 0.3) is 0 Å². The molecule has 3 rings (SSSR count). The Morgan fingerprint density at radius 1 is 1.41 bits per heavy atom. The fourth-order valence-corrected chi connectivity index (χ4v) is 3.70. The molecule has 2 N–H and O–H groups in total. The SMILES string of the molecule is Cc1cc(NC(=O)CSCC(=O)N2C[C@H]3CNC[C@H]3C2)no1. The number of fused-ring (bicyclic) bond motifs is 1. The average molecular weight is 324 g/mol. The first-order valence-electron chi connectivity index (χ1n) is 7.41. The van der Waals surface area contributed by atoms with Crippen LogP contribution >= 0.6 is 11.8 Å². The number of aryl methyl sites for hydroxylation is 1. The number of hydrogen-bond acceptors (Lipinski definition) is 6. The number of anilines is 1. The Morgan fingerprint density at radius 2 is 2.14 bits per heavy atom. The van der Waals surface area contributed by atoms with Crippen molar-refractivity contribution in [2.45, 2.75) is 6.92 Å². The highest BCUT2D eigenvalue weighted by molar-refractivity contribution is 8.00. The molecule has 2 fully saturated rings. The Bertz CT molecular complexity index is 550. The molecule has 1 aromatic heterocycles. The molecule has 22 heavy (non-hydrogen) atoms. The summed E-state index contributed by atoms with van der Waals surface area (Å²) in [6.07, 6.45) is 0. The van der Waals surface area contributed by atoms with Crippen molar-refractivity contribution in [2.24, 2.45) is 11.8 Å². The number of rotatable bonds is 5. The third-order valence-corrected chi connectivity index (χ3v) is 5.01. The quantitative estimate of drug-likeness (QED) is 0.812. The second kappa shape index (κ2) is 6.70. The third kappa shape index (κ3) is 3.61. The van der Waals surface area contributed by atoms with Crippen LogP contribution in [0, 0.1) is 18.8 Å². The van der Waals surface area contributed by atoms with Gasteiger partial charge in [0.2, 0.25) is 11.8 Å². The average Bonchev–Trinajstić information content (AvgIpc) is 3.14. The number of carbonyl (C=O) groups is 2. The molecule has 1 aromatic rings. The van der Waals surface area contributed by atoms with E-state index in [-0.39, 0.29) is 17.6 Å². The van der Waals surface area contributed by atoms with Gasteiger partial charge in [-0.15, -0.1) is 11.8 Å². The molecular formula is C14H20N4O3S. The third-order valence-electron chi connectivity index (χ3n) is 4.10. The van der Waals surface area contributed by atoms with Crippen LogP contribution in [0.5, 0.6) is 0 Å². The summed E-state index contributed by atoms with van der Waals surface area (Å²) in [6, 6.07) is 1.66. The molecule has 0 unspecified atom stereocenters. The van der Waals surface area contributed by atoms with Crippen LogP contribution < -0.4 is 10.6 Å². The highest BCUT2D eigenvalue weighted by Crippen LogP contribution is 2.26. The van der Waals surface area contributed by atoms with Gasteiger partial charge in [0.25, 0.3) is 0 Å². The summed E-state index contributed by atoms with van der Waals surface area (Å²) in [7, 11) is 0. The number of hydrogen-bond donors (Lipinski definition) is 2. The van der Waals surface area contributed by atoms with Crippen molar-refractivity contribution in [1.82, 2.24) is 15.4 Å². The summed E-state index contributed by atoms with van der Waals surface area (Å²) in [5.41, 5.74) is 0. The Labute approximate surface area is 133 Å². The summed E-state index contributed by atoms with van der Waals surface area (Å²) in [4.78, 5) is 25.8. The molecule has 0 spiro atoms. The van der Waals surface area contributed by atoms with Gasteiger partial charge in [0, 0.05) is 32.2 Å². The van der Waals surface area contributed by atoms with E-state index in [1.54, 1.807) is 13.0 Å². The standard InChI is InChI=1S/C14H20N4O3S/c1-9-2-12(17-21-9)16-13(19)7-22-8-14(20)18-5-10-3-15-4-11(10)6-18/h2,10-11,15H,3-8H2,1H3,(H,16,17,19)/t10-,11+. The van der Waals surface area contributed by atoms with Gasteiger partial charge in [-0.1, -0.05) is 5.16 Å². The first-order valence-corrected chi connectivity index (χ1v) is 8.56. The highest BCUT2D eigenvalue weighted by atomic mass is 32.2. The second-order valence-electron chi connectivity index (χ2n) is 5.84. The minimum atomic E-state index is -0.173. The van der Waals surface area contributed by atoms with Crippen LogP contribution in [-0.2, 0) is 9.59 Å². The first-order chi connectivity index (χ1) is 10.6. The van der Waals surface area contributed by atoms with Crippen molar-refractivity contribution in [3.63, 3.8) is 0 Å². The van der Waals surface area contributed by atoms with E-state index in [9.17, 15) is 9.59 Å². The molecule has 120 valence electrons. The van der Waals surface area contributed by atoms with Crippen LogP contribution in [0.1, 0.15) is 5.76 Å². The molecule has 0 bridgehead atoms. The Balaban J connectivity index is 1.36. The van der Waals surface area contributed by atoms with Gasteiger partial charge in [-0.25, -0.2) is 0 Å². The largest absolute Gasteiger partial charge is 0.360 e. The van der Waals surface area contributed by atoms with Gasteiger partial charge in [-0.05, 0) is 18.8 Å². The fourth-order valence-electron chi connectivity index (χ4n) is 2.99. The van der Waals surface area contributed by atoms with E-state index in [1.807, 2.05) is 4.90 Å². The number of carbonyl (C=O) groups excluding carboxylic acids is 2. The van der Waals surface area contributed by atoms with Gasteiger partial charge in [0.15, 0.2) is 5.82 Å². The molecule has 2 aliphatic heterocycles. The summed E-state index contributed by atoms with van der Waals surface area (Å²) >= 11 is 1.33. The highest BCUT2D eigenvalue weighted by Gasteiger charge is 2.37. The van der Waals surface area contributed by atoms with Crippen molar-refractivity contribution in [2.75, 3.05) is 43.0 Å². The zero-order valence-electron chi connectivity index (χ0n) is 12.5. The lowest BCUT2D eigenvalue weighted by molar-refractivity contribution is -0.127. The van der Waals surface area contributed by atoms with Crippen molar-refractivity contribution in [1.29, 1.82) is 0 Å². The molecule has 2 atom stereocenters.